The zero-order valence-electron chi connectivity index (χ0n) is 15.0. The number of nitrogens with one attached hydrogen (secondary N) is 1. The molecule has 0 saturated heterocycles. The number of rotatable bonds is 4. The van der Waals surface area contributed by atoms with E-state index in [1.165, 1.54) is 18.3 Å². The standard InChI is InChI=1S/C21H17FN2O4/c1-28-15-8-2-12(3-9-15)16-10-18(25)23-19-17(21(26)27)11-24(20(16)19)14-6-4-13(22)5-7-14/h2-9,11,16H,10H2,1H3,(H,23,25)(H,26,27)/t16-/m0/s1. The molecule has 142 valence electrons. The highest BCUT2D eigenvalue weighted by molar-refractivity contribution is 6.04. The summed E-state index contributed by atoms with van der Waals surface area (Å²) in [5.41, 5.74) is 2.38. The second-order valence-electron chi connectivity index (χ2n) is 6.53. The van der Waals surface area contributed by atoms with Gasteiger partial charge in [0.15, 0.2) is 0 Å². The van der Waals surface area contributed by atoms with Crippen LogP contribution in [0.1, 0.15) is 34.0 Å². The Morgan fingerprint density at radius 2 is 1.86 bits per heavy atom. The molecule has 1 atom stereocenters. The zero-order valence-corrected chi connectivity index (χ0v) is 15.0. The first-order valence-corrected chi connectivity index (χ1v) is 8.66. The summed E-state index contributed by atoms with van der Waals surface area (Å²) in [6.45, 7) is 0. The summed E-state index contributed by atoms with van der Waals surface area (Å²) in [6.07, 6.45) is 1.63. The molecule has 0 fully saturated rings. The Balaban J connectivity index is 1.92. The monoisotopic (exact) mass is 380 g/mol. The van der Waals surface area contributed by atoms with E-state index in [1.807, 2.05) is 12.1 Å². The number of nitrogens with zero attached hydrogens (tertiary/aromatic N) is 1. The van der Waals surface area contributed by atoms with Crippen LogP contribution in [0.2, 0.25) is 0 Å². The van der Waals surface area contributed by atoms with Crippen molar-refractivity contribution in [2.24, 2.45) is 0 Å². The number of ether oxygens (including phenoxy) is 1. The van der Waals surface area contributed by atoms with Crippen LogP contribution in [0.5, 0.6) is 5.75 Å². The number of methoxy groups -OCH3 is 1. The first-order chi connectivity index (χ1) is 13.5. The number of halogens is 1. The minimum Gasteiger partial charge on any atom is -0.497 e. The van der Waals surface area contributed by atoms with Crippen molar-refractivity contribution in [2.45, 2.75) is 12.3 Å². The van der Waals surface area contributed by atoms with Gasteiger partial charge in [-0.05, 0) is 42.0 Å². The molecule has 0 radical (unpaired) electrons. The molecule has 4 rings (SSSR count). The number of benzene rings is 2. The maximum Gasteiger partial charge on any atom is 0.339 e. The predicted octanol–water partition coefficient (Wildman–Crippen LogP) is 3.80. The van der Waals surface area contributed by atoms with Gasteiger partial charge in [-0.3, -0.25) is 4.79 Å². The van der Waals surface area contributed by atoms with Crippen molar-refractivity contribution in [1.29, 1.82) is 0 Å². The number of anilines is 1. The SMILES string of the molecule is COc1ccc([C@@H]2CC(=O)Nc3c(C(=O)O)cn(-c4ccc(F)cc4)c32)cc1. The van der Waals surface area contributed by atoms with Gasteiger partial charge in [-0.2, -0.15) is 0 Å². The van der Waals surface area contributed by atoms with Crippen molar-refractivity contribution in [3.8, 4) is 11.4 Å². The smallest absolute Gasteiger partial charge is 0.339 e. The van der Waals surface area contributed by atoms with Gasteiger partial charge in [0, 0.05) is 24.2 Å². The summed E-state index contributed by atoms with van der Waals surface area (Å²) in [5, 5.41) is 12.3. The number of aromatic carboxylic acids is 1. The predicted molar refractivity (Wildman–Crippen MR) is 101 cm³/mol. The highest BCUT2D eigenvalue weighted by Crippen LogP contribution is 2.41. The molecule has 0 bridgehead atoms. The molecule has 1 amide bonds. The largest absolute Gasteiger partial charge is 0.497 e. The van der Waals surface area contributed by atoms with Crippen molar-refractivity contribution < 1.29 is 23.8 Å². The van der Waals surface area contributed by atoms with Crippen LogP contribution in [0.3, 0.4) is 0 Å². The van der Waals surface area contributed by atoms with Crippen LogP contribution in [0.15, 0.2) is 54.7 Å². The normalized spacial score (nSPS) is 15.6. The second kappa shape index (κ2) is 6.84. The van der Waals surface area contributed by atoms with Crippen molar-refractivity contribution in [1.82, 2.24) is 4.57 Å². The third-order valence-corrected chi connectivity index (χ3v) is 4.88. The lowest BCUT2D eigenvalue weighted by Gasteiger charge is -2.26. The molecule has 1 aromatic heterocycles. The van der Waals surface area contributed by atoms with Crippen LogP contribution in [0, 0.1) is 5.82 Å². The number of amides is 1. The van der Waals surface area contributed by atoms with Crippen LogP contribution in [-0.4, -0.2) is 28.7 Å². The van der Waals surface area contributed by atoms with Crippen molar-refractivity contribution in [2.75, 3.05) is 12.4 Å². The van der Waals surface area contributed by atoms with E-state index in [4.69, 9.17) is 4.74 Å². The lowest BCUT2D eigenvalue weighted by molar-refractivity contribution is -0.116. The van der Waals surface area contributed by atoms with E-state index in [2.05, 4.69) is 5.32 Å². The molecule has 2 heterocycles. The average molecular weight is 380 g/mol. The number of carbonyl (C=O) groups is 2. The van der Waals surface area contributed by atoms with Crippen LogP contribution in [0.4, 0.5) is 10.1 Å². The summed E-state index contributed by atoms with van der Waals surface area (Å²) in [4.78, 5) is 24.1. The molecule has 28 heavy (non-hydrogen) atoms. The molecular weight excluding hydrogens is 363 g/mol. The third kappa shape index (κ3) is 3.00. The van der Waals surface area contributed by atoms with Crippen LogP contribution in [-0.2, 0) is 4.79 Å². The highest BCUT2D eigenvalue weighted by atomic mass is 19.1. The Kier molecular flexibility index (Phi) is 4.35. The Labute approximate surface area is 160 Å². The molecule has 1 aliphatic heterocycles. The van der Waals surface area contributed by atoms with Crippen LogP contribution >= 0.6 is 0 Å². The van der Waals surface area contributed by atoms with E-state index in [-0.39, 0.29) is 35.3 Å². The fourth-order valence-electron chi connectivity index (χ4n) is 3.56. The quantitative estimate of drug-likeness (QED) is 0.722. The van der Waals surface area contributed by atoms with E-state index in [9.17, 15) is 19.1 Å². The molecule has 0 spiro atoms. The Hall–Kier alpha value is -3.61. The lowest BCUT2D eigenvalue weighted by atomic mass is 9.88. The second-order valence-corrected chi connectivity index (χ2v) is 6.53. The number of carboxylic acids is 1. The number of carbonyl (C=O) groups excluding carboxylic acids is 1. The molecule has 3 aromatic rings. The number of hydrogen-bond donors (Lipinski definition) is 2. The fraction of sp³-hybridized carbons (Fsp3) is 0.143. The minimum atomic E-state index is -1.15. The van der Waals surface area contributed by atoms with Crippen molar-refractivity contribution in [3.63, 3.8) is 0 Å². The van der Waals surface area contributed by atoms with Gasteiger partial charge in [0.05, 0.1) is 18.5 Å². The number of aromatic nitrogens is 1. The first-order valence-electron chi connectivity index (χ1n) is 8.66. The van der Waals surface area contributed by atoms with E-state index >= 15 is 0 Å². The molecule has 2 aromatic carbocycles. The summed E-state index contributed by atoms with van der Waals surface area (Å²) in [5.74, 6) is -1.46. The third-order valence-electron chi connectivity index (χ3n) is 4.88. The van der Waals surface area contributed by atoms with Gasteiger partial charge in [0.25, 0.3) is 0 Å². The highest BCUT2D eigenvalue weighted by Gasteiger charge is 2.34. The first kappa shape index (κ1) is 17.8. The van der Waals surface area contributed by atoms with Crippen LogP contribution in [0.25, 0.3) is 5.69 Å². The van der Waals surface area contributed by atoms with E-state index in [0.29, 0.717) is 17.1 Å². The molecule has 1 aliphatic rings. The maximum atomic E-state index is 13.4. The Bertz CT molecular complexity index is 1060. The molecular formula is C21H17FN2O4. The van der Waals surface area contributed by atoms with Gasteiger partial charge in [-0.1, -0.05) is 12.1 Å². The summed E-state index contributed by atoms with van der Waals surface area (Å²) < 4.78 is 20.3. The van der Waals surface area contributed by atoms with Crippen LogP contribution < -0.4 is 10.1 Å². The summed E-state index contributed by atoms with van der Waals surface area (Å²) in [7, 11) is 1.57. The van der Waals surface area contributed by atoms with Gasteiger partial charge in [-0.25, -0.2) is 9.18 Å². The topological polar surface area (TPSA) is 80.6 Å². The van der Waals surface area contributed by atoms with Crippen molar-refractivity contribution in [3.05, 3.63) is 77.4 Å². The molecule has 0 unspecified atom stereocenters. The van der Waals surface area contributed by atoms with Gasteiger partial charge in [0.1, 0.15) is 17.1 Å². The molecule has 6 nitrogen and oxygen atoms in total. The number of fused-ring (bicyclic) bond motifs is 1. The minimum absolute atomic E-state index is 0.00844. The van der Waals surface area contributed by atoms with E-state index < -0.39 is 5.97 Å². The van der Waals surface area contributed by atoms with Gasteiger partial charge in [-0.15, -0.1) is 0 Å². The number of carboxylic acid groups (broad SMARTS) is 1. The summed E-state index contributed by atoms with van der Waals surface area (Å²) in [6, 6.07) is 13.1. The van der Waals surface area contributed by atoms with Gasteiger partial charge in [0.2, 0.25) is 5.91 Å². The number of hydrogen-bond acceptors (Lipinski definition) is 3. The zero-order chi connectivity index (χ0) is 19.8. The molecule has 2 N–H and O–H groups in total. The van der Waals surface area contributed by atoms with E-state index in [1.54, 1.807) is 35.9 Å². The maximum absolute atomic E-state index is 13.4. The lowest BCUT2D eigenvalue weighted by Crippen LogP contribution is -2.25. The molecule has 0 saturated carbocycles. The average Bonchev–Trinajstić information content (AvgIpc) is 3.07. The Morgan fingerprint density at radius 1 is 1.18 bits per heavy atom. The summed E-state index contributed by atoms with van der Waals surface area (Å²) >= 11 is 0. The van der Waals surface area contributed by atoms with Gasteiger partial charge < -0.3 is 19.7 Å². The molecule has 7 heteroatoms. The fourth-order valence-corrected chi connectivity index (χ4v) is 3.56. The Morgan fingerprint density at radius 3 is 2.46 bits per heavy atom. The molecule has 0 aliphatic carbocycles. The van der Waals surface area contributed by atoms with Crippen molar-refractivity contribution >= 4 is 17.6 Å². The van der Waals surface area contributed by atoms with Gasteiger partial charge >= 0.3 is 5.97 Å². The van der Waals surface area contributed by atoms with E-state index in [0.717, 1.165) is 5.56 Å².